The molecule has 0 atom stereocenters. The van der Waals surface area contributed by atoms with Crippen LogP contribution in [0.5, 0.6) is 5.75 Å². The second kappa shape index (κ2) is 6.56. The predicted molar refractivity (Wildman–Crippen MR) is 77.2 cm³/mol. The first-order chi connectivity index (χ1) is 9.63. The highest BCUT2D eigenvalue weighted by Crippen LogP contribution is 2.13. The van der Waals surface area contributed by atoms with Gasteiger partial charge >= 0.3 is 0 Å². The Morgan fingerprint density at radius 2 is 2.20 bits per heavy atom. The molecule has 0 aliphatic heterocycles. The summed E-state index contributed by atoms with van der Waals surface area (Å²) in [5.41, 5.74) is 8.13. The van der Waals surface area contributed by atoms with Gasteiger partial charge in [-0.15, -0.1) is 0 Å². The molecule has 5 nitrogen and oxygen atoms in total. The number of hydrogen-bond donors (Lipinski definition) is 2. The van der Waals surface area contributed by atoms with E-state index in [1.165, 1.54) is 0 Å². The first-order valence-electron chi connectivity index (χ1n) is 6.30. The van der Waals surface area contributed by atoms with Crippen molar-refractivity contribution in [2.75, 3.05) is 12.3 Å². The highest BCUT2D eigenvalue weighted by Gasteiger charge is 2.03. The monoisotopic (exact) mass is 271 g/mol. The third-order valence-corrected chi connectivity index (χ3v) is 2.69. The minimum Gasteiger partial charge on any atom is -0.484 e. The Morgan fingerprint density at radius 1 is 1.35 bits per heavy atom. The van der Waals surface area contributed by atoms with Crippen molar-refractivity contribution in [2.24, 2.45) is 0 Å². The molecule has 2 rings (SSSR count). The van der Waals surface area contributed by atoms with Gasteiger partial charge in [-0.05, 0) is 30.7 Å². The third-order valence-electron chi connectivity index (χ3n) is 2.69. The van der Waals surface area contributed by atoms with E-state index in [0.717, 1.165) is 11.3 Å². The fourth-order valence-corrected chi connectivity index (χ4v) is 1.61. The van der Waals surface area contributed by atoms with Crippen molar-refractivity contribution in [3.63, 3.8) is 0 Å². The van der Waals surface area contributed by atoms with Gasteiger partial charge in [0.2, 0.25) is 0 Å². The third kappa shape index (κ3) is 4.28. The fourth-order valence-electron chi connectivity index (χ4n) is 1.61. The Balaban J connectivity index is 1.77. The van der Waals surface area contributed by atoms with Gasteiger partial charge in [0.25, 0.3) is 5.91 Å². The lowest BCUT2D eigenvalue weighted by Crippen LogP contribution is -2.28. The summed E-state index contributed by atoms with van der Waals surface area (Å²) in [4.78, 5) is 15.8. The van der Waals surface area contributed by atoms with E-state index in [1.54, 1.807) is 30.5 Å². The second-order valence-electron chi connectivity index (χ2n) is 4.45. The maximum atomic E-state index is 11.7. The normalized spacial score (nSPS) is 10.1. The van der Waals surface area contributed by atoms with Crippen molar-refractivity contribution < 1.29 is 9.53 Å². The Morgan fingerprint density at radius 3 is 2.90 bits per heavy atom. The van der Waals surface area contributed by atoms with Crippen LogP contribution in [0.2, 0.25) is 0 Å². The van der Waals surface area contributed by atoms with Gasteiger partial charge in [0.1, 0.15) is 5.75 Å². The Kier molecular flexibility index (Phi) is 4.55. The molecule has 1 aromatic heterocycles. The number of aromatic nitrogens is 1. The first kappa shape index (κ1) is 13.9. The maximum Gasteiger partial charge on any atom is 0.258 e. The number of nitrogens with one attached hydrogen (secondary N) is 1. The van der Waals surface area contributed by atoms with Gasteiger partial charge in [0, 0.05) is 30.2 Å². The zero-order valence-electron chi connectivity index (χ0n) is 11.3. The summed E-state index contributed by atoms with van der Waals surface area (Å²) in [6, 6.07) is 10.8. The number of ether oxygens (including phenoxy) is 1. The molecule has 1 aromatic carbocycles. The summed E-state index contributed by atoms with van der Waals surface area (Å²) in [5.74, 6) is 0.394. The second-order valence-corrected chi connectivity index (χ2v) is 4.45. The number of anilines is 1. The van der Waals surface area contributed by atoms with E-state index in [1.807, 2.05) is 19.1 Å². The molecule has 20 heavy (non-hydrogen) atoms. The molecule has 0 aliphatic carbocycles. The molecule has 1 amide bonds. The quantitative estimate of drug-likeness (QED) is 0.811. The van der Waals surface area contributed by atoms with Gasteiger partial charge in [-0.25, -0.2) is 0 Å². The van der Waals surface area contributed by atoms with Crippen LogP contribution in [0, 0.1) is 6.92 Å². The maximum absolute atomic E-state index is 11.7. The molecule has 0 unspecified atom stereocenters. The smallest absolute Gasteiger partial charge is 0.258 e. The lowest BCUT2D eigenvalue weighted by molar-refractivity contribution is -0.123. The molecule has 0 saturated heterocycles. The number of rotatable bonds is 5. The minimum absolute atomic E-state index is 0.0389. The summed E-state index contributed by atoms with van der Waals surface area (Å²) in [6.45, 7) is 2.32. The van der Waals surface area contributed by atoms with Crippen LogP contribution >= 0.6 is 0 Å². The Labute approximate surface area is 117 Å². The van der Waals surface area contributed by atoms with Crippen molar-refractivity contribution in [1.82, 2.24) is 10.3 Å². The summed E-state index contributed by atoms with van der Waals surface area (Å²) in [6.07, 6.45) is 1.74. The number of carbonyl (C=O) groups is 1. The van der Waals surface area contributed by atoms with Crippen LogP contribution in [0.15, 0.2) is 42.6 Å². The number of nitrogens with two attached hydrogens (primary N) is 1. The zero-order chi connectivity index (χ0) is 14.4. The largest absolute Gasteiger partial charge is 0.484 e. The number of nitrogens with zero attached hydrogens (tertiary/aromatic N) is 1. The molecule has 0 saturated carbocycles. The SMILES string of the molecule is Cc1ccc(CNC(=O)COc2cccc(N)c2)cn1. The summed E-state index contributed by atoms with van der Waals surface area (Å²) < 4.78 is 5.35. The van der Waals surface area contributed by atoms with E-state index in [2.05, 4.69) is 10.3 Å². The van der Waals surface area contributed by atoms with Gasteiger partial charge < -0.3 is 15.8 Å². The molecule has 0 fully saturated rings. The fraction of sp³-hybridized carbons (Fsp3) is 0.200. The van der Waals surface area contributed by atoms with Crippen molar-refractivity contribution in [3.05, 3.63) is 53.9 Å². The topological polar surface area (TPSA) is 77.2 Å². The van der Waals surface area contributed by atoms with Gasteiger partial charge in [-0.1, -0.05) is 12.1 Å². The van der Waals surface area contributed by atoms with Crippen LogP contribution in [0.4, 0.5) is 5.69 Å². The number of aryl methyl sites for hydroxylation is 1. The van der Waals surface area contributed by atoms with Crippen molar-refractivity contribution in [2.45, 2.75) is 13.5 Å². The molecule has 1 heterocycles. The molecule has 104 valence electrons. The van der Waals surface area contributed by atoms with Crippen LogP contribution < -0.4 is 15.8 Å². The average molecular weight is 271 g/mol. The first-order valence-corrected chi connectivity index (χ1v) is 6.30. The molecular weight excluding hydrogens is 254 g/mol. The molecule has 0 radical (unpaired) electrons. The minimum atomic E-state index is -0.187. The lowest BCUT2D eigenvalue weighted by Gasteiger charge is -2.08. The number of benzene rings is 1. The van der Waals surface area contributed by atoms with Gasteiger partial charge in [-0.3, -0.25) is 9.78 Å². The van der Waals surface area contributed by atoms with Crippen molar-refractivity contribution in [1.29, 1.82) is 0 Å². The van der Waals surface area contributed by atoms with E-state index in [4.69, 9.17) is 10.5 Å². The number of carbonyl (C=O) groups excluding carboxylic acids is 1. The standard InChI is InChI=1S/C15H17N3O2/c1-11-5-6-12(8-17-11)9-18-15(19)10-20-14-4-2-3-13(16)7-14/h2-8H,9-10,16H2,1H3,(H,18,19). The van der Waals surface area contributed by atoms with E-state index in [0.29, 0.717) is 18.0 Å². The van der Waals surface area contributed by atoms with E-state index < -0.39 is 0 Å². The van der Waals surface area contributed by atoms with Crippen LogP contribution in [-0.2, 0) is 11.3 Å². The van der Waals surface area contributed by atoms with Gasteiger partial charge in [-0.2, -0.15) is 0 Å². The highest BCUT2D eigenvalue weighted by molar-refractivity contribution is 5.77. The molecule has 0 bridgehead atoms. The number of amides is 1. The number of pyridine rings is 1. The number of nitrogen functional groups attached to an aromatic ring is 1. The molecule has 5 heteroatoms. The zero-order valence-corrected chi connectivity index (χ0v) is 11.3. The van der Waals surface area contributed by atoms with E-state index >= 15 is 0 Å². The summed E-state index contributed by atoms with van der Waals surface area (Å²) in [5, 5.41) is 2.77. The molecule has 0 spiro atoms. The van der Waals surface area contributed by atoms with Crippen molar-refractivity contribution in [3.8, 4) is 5.75 Å². The van der Waals surface area contributed by atoms with E-state index in [9.17, 15) is 4.79 Å². The van der Waals surface area contributed by atoms with Gasteiger partial charge in [0.05, 0.1) is 0 Å². The lowest BCUT2D eigenvalue weighted by atomic mass is 10.2. The Bertz CT molecular complexity index is 582. The molecule has 0 aliphatic rings. The van der Waals surface area contributed by atoms with E-state index in [-0.39, 0.29) is 12.5 Å². The number of hydrogen-bond acceptors (Lipinski definition) is 4. The highest BCUT2D eigenvalue weighted by atomic mass is 16.5. The molecule has 2 aromatic rings. The predicted octanol–water partition coefficient (Wildman–Crippen LogP) is 1.67. The molecule has 3 N–H and O–H groups in total. The Hall–Kier alpha value is -2.56. The average Bonchev–Trinajstić information content (AvgIpc) is 2.45. The van der Waals surface area contributed by atoms with Crippen LogP contribution in [0.1, 0.15) is 11.3 Å². The van der Waals surface area contributed by atoms with Gasteiger partial charge in [0.15, 0.2) is 6.61 Å². The van der Waals surface area contributed by atoms with Crippen molar-refractivity contribution >= 4 is 11.6 Å². The molecular formula is C15H17N3O2. The summed E-state index contributed by atoms with van der Waals surface area (Å²) in [7, 11) is 0. The van der Waals surface area contributed by atoms with Crippen LogP contribution in [0.3, 0.4) is 0 Å². The van der Waals surface area contributed by atoms with Crippen LogP contribution in [-0.4, -0.2) is 17.5 Å². The summed E-state index contributed by atoms with van der Waals surface area (Å²) >= 11 is 0. The van der Waals surface area contributed by atoms with Crippen LogP contribution in [0.25, 0.3) is 0 Å².